The predicted molar refractivity (Wildman–Crippen MR) is 78.0 cm³/mol. The Morgan fingerprint density at radius 1 is 1.35 bits per heavy atom. The summed E-state index contributed by atoms with van der Waals surface area (Å²) in [6.07, 6.45) is 5.64. The van der Waals surface area contributed by atoms with Crippen molar-refractivity contribution < 1.29 is 9.18 Å². The zero-order chi connectivity index (χ0) is 14.6. The van der Waals surface area contributed by atoms with Gasteiger partial charge in [0.15, 0.2) is 0 Å². The molecule has 1 aromatic carbocycles. The molecule has 1 aliphatic rings. The topological polar surface area (TPSA) is 55.1 Å². The maximum absolute atomic E-state index is 13.7. The summed E-state index contributed by atoms with van der Waals surface area (Å²) >= 11 is 0. The molecule has 1 saturated carbocycles. The van der Waals surface area contributed by atoms with Crippen molar-refractivity contribution in [2.45, 2.75) is 39.0 Å². The smallest absolute Gasteiger partial charge is 0.254 e. The van der Waals surface area contributed by atoms with Crippen molar-refractivity contribution in [1.82, 2.24) is 5.32 Å². The molecule has 2 rings (SSSR count). The van der Waals surface area contributed by atoms with E-state index in [-0.39, 0.29) is 16.9 Å². The van der Waals surface area contributed by atoms with Crippen LogP contribution in [0.4, 0.5) is 4.39 Å². The van der Waals surface area contributed by atoms with Gasteiger partial charge in [-0.1, -0.05) is 30.9 Å². The van der Waals surface area contributed by atoms with Crippen molar-refractivity contribution in [3.63, 3.8) is 0 Å². The van der Waals surface area contributed by atoms with Crippen LogP contribution in [0.1, 0.15) is 48.0 Å². The summed E-state index contributed by atoms with van der Waals surface area (Å²) in [5.74, 6) is -0.817. The van der Waals surface area contributed by atoms with Crippen LogP contribution in [-0.4, -0.2) is 19.0 Å². The van der Waals surface area contributed by atoms with E-state index in [1.807, 2.05) is 6.92 Å². The molecule has 0 bridgehead atoms. The van der Waals surface area contributed by atoms with Crippen LogP contribution < -0.4 is 11.1 Å². The van der Waals surface area contributed by atoms with Crippen molar-refractivity contribution in [2.75, 3.05) is 13.1 Å². The van der Waals surface area contributed by atoms with E-state index in [2.05, 4.69) is 5.32 Å². The summed E-state index contributed by atoms with van der Waals surface area (Å²) < 4.78 is 13.7. The van der Waals surface area contributed by atoms with Crippen LogP contribution in [0.3, 0.4) is 0 Å². The summed E-state index contributed by atoms with van der Waals surface area (Å²) in [5.41, 5.74) is 6.88. The summed E-state index contributed by atoms with van der Waals surface area (Å²) in [5, 5.41) is 2.87. The van der Waals surface area contributed by atoms with Gasteiger partial charge in [0, 0.05) is 6.54 Å². The first-order valence-electron chi connectivity index (χ1n) is 7.31. The third kappa shape index (κ3) is 3.37. The molecular formula is C16H23FN2O. The molecule has 3 N–H and O–H groups in total. The number of hydrogen-bond donors (Lipinski definition) is 2. The second-order valence-corrected chi connectivity index (χ2v) is 5.93. The fourth-order valence-corrected chi connectivity index (χ4v) is 2.93. The highest BCUT2D eigenvalue weighted by Crippen LogP contribution is 2.34. The van der Waals surface area contributed by atoms with E-state index in [0.717, 1.165) is 31.2 Å². The molecule has 0 aliphatic heterocycles. The number of nitrogens with two attached hydrogens (primary N) is 1. The summed E-state index contributed by atoms with van der Waals surface area (Å²) in [7, 11) is 0. The van der Waals surface area contributed by atoms with Crippen LogP contribution >= 0.6 is 0 Å². The van der Waals surface area contributed by atoms with Gasteiger partial charge in [0.2, 0.25) is 0 Å². The van der Waals surface area contributed by atoms with Gasteiger partial charge >= 0.3 is 0 Å². The van der Waals surface area contributed by atoms with Gasteiger partial charge in [0.1, 0.15) is 5.82 Å². The number of rotatable bonds is 4. The highest BCUT2D eigenvalue weighted by atomic mass is 19.1. The zero-order valence-electron chi connectivity index (χ0n) is 12.0. The second kappa shape index (κ2) is 6.35. The fraction of sp³-hybridized carbons (Fsp3) is 0.562. The molecular weight excluding hydrogens is 255 g/mol. The quantitative estimate of drug-likeness (QED) is 0.889. The average Bonchev–Trinajstić information content (AvgIpc) is 2.48. The van der Waals surface area contributed by atoms with E-state index in [1.165, 1.54) is 12.5 Å². The molecule has 1 aromatic rings. The van der Waals surface area contributed by atoms with E-state index in [9.17, 15) is 9.18 Å². The normalized spacial score (nSPS) is 17.8. The molecule has 0 unspecified atom stereocenters. The van der Waals surface area contributed by atoms with E-state index >= 15 is 0 Å². The van der Waals surface area contributed by atoms with Gasteiger partial charge in [-0.25, -0.2) is 4.39 Å². The lowest BCUT2D eigenvalue weighted by Gasteiger charge is -2.36. The summed E-state index contributed by atoms with van der Waals surface area (Å²) in [4.78, 5) is 12.1. The Morgan fingerprint density at radius 2 is 2.05 bits per heavy atom. The van der Waals surface area contributed by atoms with Gasteiger partial charge in [0.25, 0.3) is 5.91 Å². The lowest BCUT2D eigenvalue weighted by molar-refractivity contribution is 0.0910. The van der Waals surface area contributed by atoms with Gasteiger partial charge in [-0.05, 0) is 43.9 Å². The molecule has 0 radical (unpaired) electrons. The maximum Gasteiger partial charge on any atom is 0.254 e. The molecule has 0 atom stereocenters. The average molecular weight is 278 g/mol. The molecule has 110 valence electrons. The highest BCUT2D eigenvalue weighted by Gasteiger charge is 2.31. The van der Waals surface area contributed by atoms with Crippen molar-refractivity contribution in [3.8, 4) is 0 Å². The maximum atomic E-state index is 13.7. The molecule has 1 amide bonds. The van der Waals surface area contributed by atoms with E-state index in [0.29, 0.717) is 13.1 Å². The van der Waals surface area contributed by atoms with Gasteiger partial charge < -0.3 is 11.1 Å². The Bertz CT molecular complexity index is 481. The Morgan fingerprint density at radius 3 is 2.70 bits per heavy atom. The van der Waals surface area contributed by atoms with E-state index in [1.54, 1.807) is 12.1 Å². The molecule has 0 spiro atoms. The molecule has 1 fully saturated rings. The van der Waals surface area contributed by atoms with Gasteiger partial charge in [0.05, 0.1) is 5.56 Å². The number of carbonyl (C=O) groups excluding carboxylic acids is 1. The van der Waals surface area contributed by atoms with Crippen LogP contribution in [0, 0.1) is 18.2 Å². The number of aryl methyl sites for hydroxylation is 1. The fourth-order valence-electron chi connectivity index (χ4n) is 2.93. The van der Waals surface area contributed by atoms with Crippen LogP contribution in [0.25, 0.3) is 0 Å². The monoisotopic (exact) mass is 278 g/mol. The van der Waals surface area contributed by atoms with Crippen molar-refractivity contribution in [2.24, 2.45) is 11.1 Å². The lowest BCUT2D eigenvalue weighted by atomic mass is 9.74. The SMILES string of the molecule is Cc1ccc(F)c(C(=O)NCC2(CN)CCCCC2)c1. The van der Waals surface area contributed by atoms with Crippen molar-refractivity contribution in [1.29, 1.82) is 0 Å². The second-order valence-electron chi connectivity index (χ2n) is 5.93. The molecule has 0 saturated heterocycles. The third-order valence-electron chi connectivity index (χ3n) is 4.34. The van der Waals surface area contributed by atoms with E-state index in [4.69, 9.17) is 5.73 Å². The summed E-state index contributed by atoms with van der Waals surface area (Å²) in [6.45, 7) is 2.96. The Balaban J connectivity index is 2.02. The standard InChI is InChI=1S/C16H23FN2O/c1-12-5-6-14(17)13(9-12)15(20)19-11-16(10-18)7-3-2-4-8-16/h5-6,9H,2-4,7-8,10-11,18H2,1H3,(H,19,20). The molecule has 0 aromatic heterocycles. The lowest BCUT2D eigenvalue weighted by Crippen LogP contribution is -2.43. The number of hydrogen-bond acceptors (Lipinski definition) is 2. The number of nitrogens with one attached hydrogen (secondary N) is 1. The third-order valence-corrected chi connectivity index (χ3v) is 4.34. The Hall–Kier alpha value is -1.42. The number of halogens is 1. The number of carbonyl (C=O) groups is 1. The van der Waals surface area contributed by atoms with Crippen LogP contribution in [0.15, 0.2) is 18.2 Å². The molecule has 0 heterocycles. The first-order valence-corrected chi connectivity index (χ1v) is 7.31. The molecule has 4 heteroatoms. The van der Waals surface area contributed by atoms with Gasteiger partial charge in [-0.15, -0.1) is 0 Å². The van der Waals surface area contributed by atoms with Crippen LogP contribution in [0.2, 0.25) is 0 Å². The van der Waals surface area contributed by atoms with Crippen LogP contribution in [0.5, 0.6) is 0 Å². The van der Waals surface area contributed by atoms with Crippen LogP contribution in [-0.2, 0) is 0 Å². The predicted octanol–water partition coefficient (Wildman–Crippen LogP) is 2.77. The first-order chi connectivity index (χ1) is 9.56. The van der Waals surface area contributed by atoms with E-state index < -0.39 is 5.82 Å². The van der Waals surface area contributed by atoms with Gasteiger partial charge in [-0.3, -0.25) is 4.79 Å². The first kappa shape index (κ1) is 15.0. The molecule has 20 heavy (non-hydrogen) atoms. The minimum absolute atomic E-state index is 0.00574. The van der Waals surface area contributed by atoms with Crippen molar-refractivity contribution >= 4 is 5.91 Å². The Kier molecular flexibility index (Phi) is 4.76. The zero-order valence-corrected chi connectivity index (χ0v) is 12.0. The van der Waals surface area contributed by atoms with Gasteiger partial charge in [-0.2, -0.15) is 0 Å². The largest absolute Gasteiger partial charge is 0.351 e. The van der Waals surface area contributed by atoms with Crippen molar-refractivity contribution in [3.05, 3.63) is 35.1 Å². The molecule has 1 aliphatic carbocycles. The highest BCUT2D eigenvalue weighted by molar-refractivity contribution is 5.94. The minimum Gasteiger partial charge on any atom is -0.351 e. The Labute approximate surface area is 119 Å². The number of amides is 1. The summed E-state index contributed by atoms with van der Waals surface area (Å²) in [6, 6.07) is 4.58. The molecule has 3 nitrogen and oxygen atoms in total. The minimum atomic E-state index is -0.474. The number of benzene rings is 1.